The fraction of sp³-hybridized carbons (Fsp3) is 0.357. The number of benzene rings is 1. The molecule has 1 aliphatic heterocycles. The number of piperidine rings is 1. The first kappa shape index (κ1) is 13.7. The van der Waals surface area contributed by atoms with Gasteiger partial charge in [-0.2, -0.15) is 0 Å². The van der Waals surface area contributed by atoms with Crippen molar-refractivity contribution in [2.24, 2.45) is 5.73 Å². The Morgan fingerprint density at radius 2 is 2.24 bits per heavy atom. The molecule has 1 fully saturated rings. The number of amides is 1. The fourth-order valence-electron chi connectivity index (χ4n) is 2.69. The normalized spacial score (nSPS) is 22.5. The van der Waals surface area contributed by atoms with Crippen LogP contribution in [0.5, 0.6) is 0 Å². The minimum absolute atomic E-state index is 0.0466. The monoisotopic (exact) mass is 290 g/mol. The van der Waals surface area contributed by atoms with Gasteiger partial charge in [-0.15, -0.1) is 0 Å². The predicted octanol–water partition coefficient (Wildman–Crippen LogP) is 0.585. The van der Waals surface area contributed by atoms with Crippen LogP contribution in [-0.2, 0) is 4.79 Å². The van der Waals surface area contributed by atoms with E-state index in [2.05, 4.69) is 9.97 Å². The zero-order valence-corrected chi connectivity index (χ0v) is 11.3. The highest BCUT2D eigenvalue weighted by Gasteiger charge is 2.39. The molecule has 6 nitrogen and oxygen atoms in total. The summed E-state index contributed by atoms with van der Waals surface area (Å²) in [5.41, 5.74) is 4.30. The van der Waals surface area contributed by atoms with E-state index in [0.717, 1.165) is 0 Å². The van der Waals surface area contributed by atoms with E-state index >= 15 is 0 Å². The molecule has 1 saturated heterocycles. The Morgan fingerprint density at radius 1 is 1.43 bits per heavy atom. The molecule has 0 bridgehead atoms. The average molecular weight is 290 g/mol. The van der Waals surface area contributed by atoms with Crippen LogP contribution in [0, 0.1) is 5.82 Å². The summed E-state index contributed by atoms with van der Waals surface area (Å²) in [7, 11) is 0. The van der Waals surface area contributed by atoms with Crippen molar-refractivity contribution in [3.8, 4) is 0 Å². The molecule has 3 N–H and O–H groups in total. The van der Waals surface area contributed by atoms with Crippen LogP contribution >= 0.6 is 0 Å². The van der Waals surface area contributed by atoms with Gasteiger partial charge < -0.3 is 15.7 Å². The molecule has 1 aromatic heterocycles. The van der Waals surface area contributed by atoms with Crippen LogP contribution < -0.4 is 10.6 Å². The van der Waals surface area contributed by atoms with Crippen molar-refractivity contribution < 1.29 is 14.3 Å². The molecule has 1 amide bonds. The van der Waals surface area contributed by atoms with Gasteiger partial charge in [0.05, 0.1) is 12.1 Å². The molecule has 2 aromatic rings. The van der Waals surface area contributed by atoms with E-state index < -0.39 is 11.5 Å². The minimum Gasteiger partial charge on any atom is -0.378 e. The van der Waals surface area contributed by atoms with Gasteiger partial charge >= 0.3 is 0 Å². The summed E-state index contributed by atoms with van der Waals surface area (Å²) in [6, 6.07) is 4.25. The Morgan fingerprint density at radius 3 is 3.00 bits per heavy atom. The van der Waals surface area contributed by atoms with Gasteiger partial charge in [0, 0.05) is 11.9 Å². The number of nitrogens with zero attached hydrogens (tertiary/aromatic N) is 3. The Balaban J connectivity index is 2.04. The number of hydrogen-bond donors (Lipinski definition) is 2. The molecule has 0 radical (unpaired) electrons. The van der Waals surface area contributed by atoms with E-state index in [0.29, 0.717) is 36.1 Å². The molecule has 0 spiro atoms. The first-order chi connectivity index (χ1) is 9.99. The standard InChI is InChI=1S/C14H15FN4O2/c15-9-2-3-11-10(6-9)12(18-8-17-11)19-5-1-4-14(21,7-19)13(16)20/h2-3,6,8,21H,1,4-5,7H2,(H2,16,20). The number of halogens is 1. The molecule has 21 heavy (non-hydrogen) atoms. The molecule has 3 rings (SSSR count). The van der Waals surface area contributed by atoms with E-state index in [1.807, 2.05) is 0 Å². The largest absolute Gasteiger partial charge is 0.378 e. The molecule has 1 aromatic carbocycles. The average Bonchev–Trinajstić information content (AvgIpc) is 2.46. The highest BCUT2D eigenvalue weighted by molar-refractivity contribution is 5.90. The van der Waals surface area contributed by atoms with Gasteiger partial charge in [-0.05, 0) is 31.0 Å². The van der Waals surface area contributed by atoms with Crippen molar-refractivity contribution in [1.29, 1.82) is 0 Å². The van der Waals surface area contributed by atoms with E-state index in [1.54, 1.807) is 11.0 Å². The van der Waals surface area contributed by atoms with Gasteiger partial charge in [0.1, 0.15) is 18.0 Å². The number of β-amino-alcohol motifs (C(OH)–C–C–N with tert-alkyl or cyclic N) is 1. The second kappa shape index (κ2) is 4.92. The third-order valence-corrected chi connectivity index (χ3v) is 3.81. The van der Waals surface area contributed by atoms with Crippen LogP contribution in [0.1, 0.15) is 12.8 Å². The lowest BCUT2D eigenvalue weighted by Crippen LogP contribution is -2.56. The van der Waals surface area contributed by atoms with E-state index in [9.17, 15) is 14.3 Å². The van der Waals surface area contributed by atoms with Crippen molar-refractivity contribution >= 4 is 22.6 Å². The van der Waals surface area contributed by atoms with Crippen molar-refractivity contribution in [1.82, 2.24) is 9.97 Å². The van der Waals surface area contributed by atoms with Crippen LogP contribution in [0.2, 0.25) is 0 Å². The van der Waals surface area contributed by atoms with Crippen molar-refractivity contribution in [3.05, 3.63) is 30.3 Å². The summed E-state index contributed by atoms with van der Waals surface area (Å²) < 4.78 is 13.5. The molecule has 1 unspecified atom stereocenters. The van der Waals surface area contributed by atoms with E-state index in [1.165, 1.54) is 18.5 Å². The Kier molecular flexibility index (Phi) is 3.21. The highest BCUT2D eigenvalue weighted by atomic mass is 19.1. The summed E-state index contributed by atoms with van der Waals surface area (Å²) in [6.45, 7) is 0.656. The van der Waals surface area contributed by atoms with Crippen molar-refractivity contribution in [2.45, 2.75) is 18.4 Å². The summed E-state index contributed by atoms with van der Waals surface area (Å²) in [4.78, 5) is 21.4. The number of hydrogen-bond acceptors (Lipinski definition) is 5. The van der Waals surface area contributed by atoms with Crippen LogP contribution in [0.3, 0.4) is 0 Å². The number of aromatic nitrogens is 2. The molecular weight excluding hydrogens is 275 g/mol. The zero-order valence-electron chi connectivity index (χ0n) is 11.3. The smallest absolute Gasteiger partial charge is 0.251 e. The second-order valence-corrected chi connectivity index (χ2v) is 5.28. The number of anilines is 1. The quantitative estimate of drug-likeness (QED) is 0.844. The van der Waals surface area contributed by atoms with Gasteiger partial charge in [0.2, 0.25) is 0 Å². The fourth-order valence-corrected chi connectivity index (χ4v) is 2.69. The minimum atomic E-state index is -1.58. The Bertz CT molecular complexity index is 708. The number of carbonyl (C=O) groups excluding carboxylic acids is 1. The maximum absolute atomic E-state index is 13.5. The first-order valence-corrected chi connectivity index (χ1v) is 6.67. The van der Waals surface area contributed by atoms with Crippen LogP contribution in [0.15, 0.2) is 24.5 Å². The first-order valence-electron chi connectivity index (χ1n) is 6.67. The molecular formula is C14H15FN4O2. The van der Waals surface area contributed by atoms with Gasteiger partial charge in [-0.1, -0.05) is 0 Å². The number of fused-ring (bicyclic) bond motifs is 1. The number of primary amides is 1. The van der Waals surface area contributed by atoms with Crippen LogP contribution in [0.4, 0.5) is 10.2 Å². The topological polar surface area (TPSA) is 92.3 Å². The number of nitrogens with two attached hydrogens (primary N) is 1. The molecule has 1 atom stereocenters. The maximum atomic E-state index is 13.5. The lowest BCUT2D eigenvalue weighted by atomic mass is 9.92. The molecule has 110 valence electrons. The van der Waals surface area contributed by atoms with Gasteiger partial charge in [0.25, 0.3) is 5.91 Å². The van der Waals surface area contributed by atoms with Crippen molar-refractivity contribution in [3.63, 3.8) is 0 Å². The Hall–Kier alpha value is -2.28. The summed E-state index contributed by atoms with van der Waals surface area (Å²) in [5, 5.41) is 10.8. The third kappa shape index (κ3) is 2.40. The number of aliphatic hydroxyl groups is 1. The third-order valence-electron chi connectivity index (χ3n) is 3.81. The van der Waals surface area contributed by atoms with E-state index in [-0.39, 0.29) is 12.4 Å². The van der Waals surface area contributed by atoms with Gasteiger partial charge in [-0.3, -0.25) is 4.79 Å². The molecule has 2 heterocycles. The highest BCUT2D eigenvalue weighted by Crippen LogP contribution is 2.29. The van der Waals surface area contributed by atoms with Crippen LogP contribution in [0.25, 0.3) is 10.9 Å². The summed E-state index contributed by atoms with van der Waals surface area (Å²) in [6.07, 6.45) is 2.30. The van der Waals surface area contributed by atoms with Gasteiger partial charge in [0.15, 0.2) is 5.60 Å². The molecule has 0 saturated carbocycles. The summed E-state index contributed by atoms with van der Waals surface area (Å²) >= 11 is 0. The van der Waals surface area contributed by atoms with E-state index in [4.69, 9.17) is 5.73 Å². The summed E-state index contributed by atoms with van der Waals surface area (Å²) in [5.74, 6) is -0.642. The number of carbonyl (C=O) groups is 1. The Labute approximate surface area is 120 Å². The molecule has 7 heteroatoms. The lowest BCUT2D eigenvalue weighted by Gasteiger charge is -2.37. The second-order valence-electron chi connectivity index (χ2n) is 5.28. The SMILES string of the molecule is NC(=O)C1(O)CCCN(c2ncnc3ccc(F)cc23)C1. The van der Waals surface area contributed by atoms with Crippen LogP contribution in [-0.4, -0.2) is 39.7 Å². The van der Waals surface area contributed by atoms with Crippen molar-refractivity contribution in [2.75, 3.05) is 18.0 Å². The zero-order chi connectivity index (χ0) is 15.0. The lowest BCUT2D eigenvalue weighted by molar-refractivity contribution is -0.137. The molecule has 1 aliphatic rings. The van der Waals surface area contributed by atoms with Gasteiger partial charge in [-0.25, -0.2) is 14.4 Å². The predicted molar refractivity (Wildman–Crippen MR) is 75.1 cm³/mol. The maximum Gasteiger partial charge on any atom is 0.251 e. The molecule has 0 aliphatic carbocycles. The number of rotatable bonds is 2.